The Morgan fingerprint density at radius 1 is 0.957 bits per heavy atom. The maximum Gasteiger partial charge on any atom is 0.339 e. The number of carbonyl (C=O) groups excluding carboxylic acids is 2. The summed E-state index contributed by atoms with van der Waals surface area (Å²) < 4.78 is 1.24. The van der Waals surface area contributed by atoms with Crippen LogP contribution in [0.3, 0.4) is 0 Å². The number of rotatable bonds is 2. The number of carboxylic acids is 1. The van der Waals surface area contributed by atoms with Crippen molar-refractivity contribution in [2.45, 2.75) is 0 Å². The van der Waals surface area contributed by atoms with Gasteiger partial charge in [0.05, 0.1) is 16.8 Å². The lowest BCUT2D eigenvalue weighted by Gasteiger charge is -2.14. The molecule has 0 saturated heterocycles. The molecular formula is C15H7Br2NO5. The number of benzene rings is 2. The maximum absolute atomic E-state index is 12.5. The first kappa shape index (κ1) is 15.7. The van der Waals surface area contributed by atoms with E-state index in [9.17, 15) is 19.5 Å². The second-order valence-corrected chi connectivity index (χ2v) is 6.47. The van der Waals surface area contributed by atoms with E-state index in [1.165, 1.54) is 18.2 Å². The van der Waals surface area contributed by atoms with Gasteiger partial charge in [-0.2, -0.15) is 0 Å². The number of imide groups is 1. The normalized spacial score (nSPS) is 13.4. The fraction of sp³-hybridized carbons (Fsp3) is 0. The predicted octanol–water partition coefficient (Wildman–Crippen LogP) is 3.42. The number of nitrogens with zero attached hydrogens (tertiary/aromatic N) is 1. The Labute approximate surface area is 146 Å². The Bertz CT molecular complexity index is 853. The molecule has 0 fully saturated rings. The molecule has 8 heteroatoms. The average Bonchev–Trinajstić information content (AvgIpc) is 2.72. The summed E-state index contributed by atoms with van der Waals surface area (Å²) in [5.41, 5.74) is 0.130. The van der Waals surface area contributed by atoms with Gasteiger partial charge in [0.15, 0.2) is 0 Å². The van der Waals surface area contributed by atoms with Gasteiger partial charge in [0.25, 0.3) is 11.8 Å². The van der Waals surface area contributed by atoms with E-state index in [1.807, 2.05) is 0 Å². The summed E-state index contributed by atoms with van der Waals surface area (Å²) in [5.74, 6) is -2.91. The summed E-state index contributed by atoms with van der Waals surface area (Å²) in [6.07, 6.45) is 0. The van der Waals surface area contributed by atoms with Crippen molar-refractivity contribution in [1.29, 1.82) is 0 Å². The van der Waals surface area contributed by atoms with E-state index in [2.05, 4.69) is 31.9 Å². The second kappa shape index (κ2) is 5.47. The van der Waals surface area contributed by atoms with Gasteiger partial charge < -0.3 is 10.2 Å². The molecule has 0 atom stereocenters. The minimum Gasteiger partial charge on any atom is -0.507 e. The van der Waals surface area contributed by atoms with E-state index in [0.29, 0.717) is 8.95 Å². The van der Waals surface area contributed by atoms with Crippen LogP contribution in [0.4, 0.5) is 5.69 Å². The molecule has 116 valence electrons. The molecule has 0 radical (unpaired) electrons. The van der Waals surface area contributed by atoms with E-state index in [1.54, 1.807) is 0 Å². The topological polar surface area (TPSA) is 94.9 Å². The number of aromatic hydroxyl groups is 1. The number of aromatic carboxylic acids is 1. The Morgan fingerprint density at radius 3 is 1.96 bits per heavy atom. The summed E-state index contributed by atoms with van der Waals surface area (Å²) >= 11 is 6.55. The molecule has 0 bridgehead atoms. The van der Waals surface area contributed by atoms with Crippen molar-refractivity contribution in [1.82, 2.24) is 0 Å². The van der Waals surface area contributed by atoms with Crippen LogP contribution in [0, 0.1) is 0 Å². The number of amides is 2. The van der Waals surface area contributed by atoms with Crippen molar-refractivity contribution in [2.24, 2.45) is 0 Å². The molecule has 1 heterocycles. The predicted molar refractivity (Wildman–Crippen MR) is 88.0 cm³/mol. The fourth-order valence-electron chi connectivity index (χ4n) is 2.30. The summed E-state index contributed by atoms with van der Waals surface area (Å²) in [4.78, 5) is 37.0. The molecule has 6 nitrogen and oxygen atoms in total. The smallest absolute Gasteiger partial charge is 0.339 e. The molecular weight excluding hydrogens is 434 g/mol. The Kier molecular flexibility index (Phi) is 3.73. The highest BCUT2D eigenvalue weighted by Gasteiger charge is 2.37. The van der Waals surface area contributed by atoms with Crippen molar-refractivity contribution in [3.8, 4) is 5.75 Å². The van der Waals surface area contributed by atoms with Crippen LogP contribution in [-0.4, -0.2) is 28.0 Å². The highest BCUT2D eigenvalue weighted by molar-refractivity contribution is 9.13. The molecule has 3 rings (SSSR count). The summed E-state index contributed by atoms with van der Waals surface area (Å²) in [7, 11) is 0. The number of halogens is 2. The molecule has 0 saturated carbocycles. The van der Waals surface area contributed by atoms with Gasteiger partial charge in [0, 0.05) is 8.95 Å². The van der Waals surface area contributed by atoms with Crippen LogP contribution in [0.2, 0.25) is 0 Å². The van der Waals surface area contributed by atoms with Crippen LogP contribution in [0.25, 0.3) is 0 Å². The Morgan fingerprint density at radius 2 is 1.48 bits per heavy atom. The average molecular weight is 441 g/mol. The third kappa shape index (κ3) is 2.43. The van der Waals surface area contributed by atoms with E-state index in [0.717, 1.165) is 17.0 Å². The van der Waals surface area contributed by atoms with Crippen LogP contribution >= 0.6 is 31.9 Å². The first-order valence-electron chi connectivity index (χ1n) is 6.25. The van der Waals surface area contributed by atoms with E-state index >= 15 is 0 Å². The minimum absolute atomic E-state index is 0.0821. The van der Waals surface area contributed by atoms with Gasteiger partial charge in [-0.1, -0.05) is 0 Å². The third-order valence-electron chi connectivity index (χ3n) is 3.40. The number of carboxylic acid groups (broad SMARTS) is 1. The zero-order valence-corrected chi connectivity index (χ0v) is 14.4. The molecule has 1 aliphatic heterocycles. The molecule has 0 aromatic heterocycles. The Hall–Kier alpha value is -2.19. The van der Waals surface area contributed by atoms with Gasteiger partial charge in [0.1, 0.15) is 11.3 Å². The van der Waals surface area contributed by atoms with E-state index in [-0.39, 0.29) is 22.4 Å². The van der Waals surface area contributed by atoms with Crippen LogP contribution in [-0.2, 0) is 0 Å². The number of hydrogen-bond acceptors (Lipinski definition) is 4. The zero-order chi connectivity index (χ0) is 16.9. The van der Waals surface area contributed by atoms with Crippen molar-refractivity contribution < 1.29 is 24.6 Å². The number of carbonyl (C=O) groups is 3. The minimum atomic E-state index is -1.36. The number of phenols is 1. The van der Waals surface area contributed by atoms with Gasteiger partial charge in [-0.05, 0) is 62.2 Å². The Balaban J connectivity index is 2.13. The molecule has 2 aromatic rings. The molecule has 2 amide bonds. The van der Waals surface area contributed by atoms with Crippen molar-refractivity contribution in [2.75, 3.05) is 4.90 Å². The zero-order valence-electron chi connectivity index (χ0n) is 11.2. The summed E-state index contributed by atoms with van der Waals surface area (Å²) in [6, 6.07) is 6.58. The molecule has 1 aliphatic rings. The van der Waals surface area contributed by atoms with Gasteiger partial charge >= 0.3 is 5.97 Å². The highest BCUT2D eigenvalue weighted by Crippen LogP contribution is 2.35. The quantitative estimate of drug-likeness (QED) is 0.697. The van der Waals surface area contributed by atoms with E-state index < -0.39 is 23.5 Å². The molecule has 2 N–H and O–H groups in total. The molecule has 0 aliphatic carbocycles. The van der Waals surface area contributed by atoms with Crippen molar-refractivity contribution >= 4 is 55.3 Å². The van der Waals surface area contributed by atoms with Gasteiger partial charge in [0.2, 0.25) is 0 Å². The lowest BCUT2D eigenvalue weighted by Crippen LogP contribution is -2.29. The van der Waals surface area contributed by atoms with Crippen LogP contribution in [0.15, 0.2) is 39.3 Å². The third-order valence-corrected chi connectivity index (χ3v) is 5.24. The monoisotopic (exact) mass is 439 g/mol. The summed E-state index contributed by atoms with van der Waals surface area (Å²) in [5, 5.41) is 18.6. The van der Waals surface area contributed by atoms with Gasteiger partial charge in [-0.3, -0.25) is 9.59 Å². The van der Waals surface area contributed by atoms with Crippen LogP contribution in [0.5, 0.6) is 5.75 Å². The van der Waals surface area contributed by atoms with Crippen molar-refractivity contribution in [3.63, 3.8) is 0 Å². The lowest BCUT2D eigenvalue weighted by atomic mass is 10.1. The molecule has 0 spiro atoms. The summed E-state index contributed by atoms with van der Waals surface area (Å²) in [6.45, 7) is 0. The van der Waals surface area contributed by atoms with Gasteiger partial charge in [-0.25, -0.2) is 9.69 Å². The standard InChI is InChI=1S/C15H7Br2NO5/c16-10-4-7-8(5-11(10)17)14(21)18(13(7)20)6-1-2-12(19)9(3-6)15(22)23/h1-5,19H,(H,22,23). The van der Waals surface area contributed by atoms with Crippen molar-refractivity contribution in [3.05, 3.63) is 56.0 Å². The fourth-order valence-corrected chi connectivity index (χ4v) is 2.99. The largest absolute Gasteiger partial charge is 0.507 e. The first-order valence-corrected chi connectivity index (χ1v) is 7.84. The lowest BCUT2D eigenvalue weighted by molar-refractivity contribution is 0.0692. The van der Waals surface area contributed by atoms with Gasteiger partial charge in [-0.15, -0.1) is 0 Å². The van der Waals surface area contributed by atoms with Crippen LogP contribution in [0.1, 0.15) is 31.1 Å². The number of hydrogen-bond donors (Lipinski definition) is 2. The maximum atomic E-state index is 12.5. The molecule has 0 unspecified atom stereocenters. The highest BCUT2D eigenvalue weighted by atomic mass is 79.9. The molecule has 23 heavy (non-hydrogen) atoms. The number of anilines is 1. The second-order valence-electron chi connectivity index (χ2n) is 4.76. The molecule has 2 aromatic carbocycles. The van der Waals surface area contributed by atoms with E-state index in [4.69, 9.17) is 5.11 Å². The van der Waals surface area contributed by atoms with Crippen LogP contribution < -0.4 is 4.90 Å². The number of fused-ring (bicyclic) bond motifs is 1. The SMILES string of the molecule is O=C(O)c1cc(N2C(=O)c3cc(Br)c(Br)cc3C2=O)ccc1O. The first-order chi connectivity index (χ1) is 10.8.